The van der Waals surface area contributed by atoms with Gasteiger partial charge >= 0.3 is 0 Å². The van der Waals surface area contributed by atoms with E-state index in [-0.39, 0.29) is 24.4 Å². The number of halogens is 1. The first-order valence-corrected chi connectivity index (χ1v) is 11.4. The molecule has 0 radical (unpaired) electrons. The maximum absolute atomic E-state index is 14.1. The Labute approximate surface area is 186 Å². The zero-order chi connectivity index (χ0) is 22.5. The molecule has 3 aromatic rings. The van der Waals surface area contributed by atoms with Crippen LogP contribution in [0.2, 0.25) is 0 Å². The van der Waals surface area contributed by atoms with Crippen molar-refractivity contribution in [1.29, 1.82) is 0 Å². The largest absolute Gasteiger partial charge is 0.460 e. The molecule has 1 aromatic carbocycles. The minimum atomic E-state index is -1.22. The number of hydrogen-bond acceptors (Lipinski definition) is 3. The summed E-state index contributed by atoms with van der Waals surface area (Å²) in [5.74, 6) is -0.263. The van der Waals surface area contributed by atoms with Gasteiger partial charge in [-0.15, -0.1) is 0 Å². The van der Waals surface area contributed by atoms with E-state index in [2.05, 4.69) is 5.32 Å². The standard InChI is InChI=1S/C25H28FN3O3/c1-16-12-20-22(32-16)14-21-23(30)29(19-11-7-8-17(26)13-19)25(2,15-28(20)21)24(31)27-18-9-5-3-4-6-10-18/h7-8,11-14,18H,3-6,9-10,15H2,1-2H3,(H,27,31). The Morgan fingerprint density at radius 3 is 2.62 bits per heavy atom. The van der Waals surface area contributed by atoms with Gasteiger partial charge in [-0.2, -0.15) is 0 Å². The molecule has 0 bridgehead atoms. The molecule has 3 heterocycles. The van der Waals surface area contributed by atoms with Gasteiger partial charge in [0.05, 0.1) is 12.1 Å². The monoisotopic (exact) mass is 437 g/mol. The van der Waals surface area contributed by atoms with Crippen molar-refractivity contribution in [3.05, 3.63) is 53.7 Å². The van der Waals surface area contributed by atoms with Crippen molar-refractivity contribution in [2.24, 2.45) is 0 Å². The summed E-state index contributed by atoms with van der Waals surface area (Å²) in [7, 11) is 0. The molecule has 32 heavy (non-hydrogen) atoms. The summed E-state index contributed by atoms with van der Waals surface area (Å²) in [5, 5.41) is 3.22. The SMILES string of the molecule is Cc1cc2c(cc3n2CC(C)(C(=O)NC2CCCCCC2)N(c2cccc(F)c2)C3=O)o1. The normalized spacial score (nSPS) is 22.1. The summed E-state index contributed by atoms with van der Waals surface area (Å²) in [5.41, 5.74) is 0.981. The summed E-state index contributed by atoms with van der Waals surface area (Å²) < 4.78 is 21.7. The van der Waals surface area contributed by atoms with Crippen LogP contribution in [0.1, 0.15) is 61.7 Å². The van der Waals surface area contributed by atoms with E-state index in [4.69, 9.17) is 4.42 Å². The number of aromatic nitrogens is 1. The number of fused-ring (bicyclic) bond motifs is 3. The highest BCUT2D eigenvalue weighted by molar-refractivity contribution is 6.13. The van der Waals surface area contributed by atoms with Crippen LogP contribution in [0.3, 0.4) is 0 Å². The number of nitrogens with one attached hydrogen (secondary N) is 1. The zero-order valence-electron chi connectivity index (χ0n) is 18.5. The molecule has 1 aliphatic carbocycles. The molecule has 2 aromatic heterocycles. The van der Waals surface area contributed by atoms with Gasteiger partial charge in [-0.1, -0.05) is 31.7 Å². The van der Waals surface area contributed by atoms with E-state index in [9.17, 15) is 14.0 Å². The molecule has 1 aliphatic heterocycles. The first kappa shape index (κ1) is 20.8. The van der Waals surface area contributed by atoms with Crippen LogP contribution in [0.4, 0.5) is 10.1 Å². The number of rotatable bonds is 3. The van der Waals surface area contributed by atoms with Gasteiger partial charge in [0.25, 0.3) is 5.91 Å². The van der Waals surface area contributed by atoms with Crippen molar-refractivity contribution in [3.8, 4) is 0 Å². The Hall–Kier alpha value is -3.09. The lowest BCUT2D eigenvalue weighted by Crippen LogP contribution is -2.65. The first-order chi connectivity index (χ1) is 15.4. The van der Waals surface area contributed by atoms with Gasteiger partial charge in [-0.05, 0) is 44.9 Å². The van der Waals surface area contributed by atoms with Gasteiger partial charge in [-0.25, -0.2) is 4.39 Å². The average Bonchev–Trinajstić information content (AvgIpc) is 3.14. The molecule has 0 saturated heterocycles. The third kappa shape index (κ3) is 3.40. The van der Waals surface area contributed by atoms with E-state index >= 15 is 0 Å². The molecular formula is C25H28FN3O3. The molecule has 1 N–H and O–H groups in total. The summed E-state index contributed by atoms with van der Waals surface area (Å²) >= 11 is 0. The van der Waals surface area contributed by atoms with Gasteiger partial charge in [-0.3, -0.25) is 14.5 Å². The van der Waals surface area contributed by atoms with Gasteiger partial charge in [0.1, 0.15) is 22.8 Å². The van der Waals surface area contributed by atoms with Crippen molar-refractivity contribution in [2.75, 3.05) is 4.90 Å². The van der Waals surface area contributed by atoms with Crippen LogP contribution in [0.25, 0.3) is 11.1 Å². The molecule has 6 nitrogen and oxygen atoms in total. The van der Waals surface area contributed by atoms with Crippen molar-refractivity contribution < 1.29 is 18.4 Å². The lowest BCUT2D eigenvalue weighted by Gasteiger charge is -2.44. The number of furan rings is 1. The number of aryl methyl sites for hydroxylation is 1. The third-order valence-corrected chi connectivity index (χ3v) is 6.84. The molecule has 0 spiro atoms. The van der Waals surface area contributed by atoms with Crippen LogP contribution in [0.5, 0.6) is 0 Å². The van der Waals surface area contributed by atoms with Crippen LogP contribution < -0.4 is 10.2 Å². The van der Waals surface area contributed by atoms with Crippen molar-refractivity contribution in [1.82, 2.24) is 9.88 Å². The Morgan fingerprint density at radius 2 is 1.91 bits per heavy atom. The number of anilines is 1. The Bertz CT molecular complexity index is 1190. The maximum atomic E-state index is 14.1. The fraction of sp³-hybridized carbons (Fsp3) is 0.440. The van der Waals surface area contributed by atoms with E-state index in [0.717, 1.165) is 37.0 Å². The van der Waals surface area contributed by atoms with Crippen LogP contribution in [-0.2, 0) is 11.3 Å². The summed E-state index contributed by atoms with van der Waals surface area (Å²) in [6.07, 6.45) is 6.42. The quantitative estimate of drug-likeness (QED) is 0.590. The van der Waals surface area contributed by atoms with Crippen molar-refractivity contribution in [2.45, 2.75) is 70.5 Å². The van der Waals surface area contributed by atoms with Gasteiger partial charge in [0, 0.05) is 23.9 Å². The van der Waals surface area contributed by atoms with Gasteiger partial charge in [0.2, 0.25) is 5.91 Å². The highest BCUT2D eigenvalue weighted by Crippen LogP contribution is 2.37. The van der Waals surface area contributed by atoms with Crippen LogP contribution in [0, 0.1) is 12.7 Å². The second-order valence-electron chi connectivity index (χ2n) is 9.28. The molecule has 2 aliphatic rings. The van der Waals surface area contributed by atoms with E-state index in [1.165, 1.54) is 29.9 Å². The smallest absolute Gasteiger partial charge is 0.276 e. The first-order valence-electron chi connectivity index (χ1n) is 11.4. The lowest BCUT2D eigenvalue weighted by atomic mass is 9.92. The molecular weight excluding hydrogens is 409 g/mol. The molecule has 1 fully saturated rings. The Morgan fingerprint density at radius 1 is 1.16 bits per heavy atom. The highest BCUT2D eigenvalue weighted by atomic mass is 19.1. The molecule has 1 saturated carbocycles. The number of amides is 2. The Kier molecular flexibility index (Phi) is 5.07. The van der Waals surface area contributed by atoms with E-state index in [1.54, 1.807) is 25.1 Å². The van der Waals surface area contributed by atoms with Crippen LogP contribution >= 0.6 is 0 Å². The fourth-order valence-electron chi connectivity index (χ4n) is 5.19. The number of carbonyl (C=O) groups excluding carboxylic acids is 2. The predicted molar refractivity (Wildman–Crippen MR) is 120 cm³/mol. The number of carbonyl (C=O) groups is 2. The minimum Gasteiger partial charge on any atom is -0.460 e. The zero-order valence-corrected chi connectivity index (χ0v) is 18.5. The van der Waals surface area contributed by atoms with Crippen LogP contribution in [-0.4, -0.2) is 28.0 Å². The molecule has 5 rings (SSSR count). The topological polar surface area (TPSA) is 67.5 Å². The molecule has 7 heteroatoms. The predicted octanol–water partition coefficient (Wildman–Crippen LogP) is 4.94. The molecule has 1 unspecified atom stereocenters. The summed E-state index contributed by atoms with van der Waals surface area (Å²) in [4.78, 5) is 28.9. The molecule has 1 atom stereocenters. The number of benzene rings is 1. The van der Waals surface area contributed by atoms with E-state index in [1.807, 2.05) is 17.6 Å². The lowest BCUT2D eigenvalue weighted by molar-refractivity contribution is -0.127. The van der Waals surface area contributed by atoms with E-state index < -0.39 is 11.4 Å². The maximum Gasteiger partial charge on any atom is 0.276 e. The second-order valence-corrected chi connectivity index (χ2v) is 9.28. The fourth-order valence-corrected chi connectivity index (χ4v) is 5.19. The third-order valence-electron chi connectivity index (χ3n) is 6.84. The molecule has 2 amide bonds. The van der Waals surface area contributed by atoms with Crippen molar-refractivity contribution in [3.63, 3.8) is 0 Å². The highest BCUT2D eigenvalue weighted by Gasteiger charge is 2.49. The van der Waals surface area contributed by atoms with Gasteiger partial charge in [0.15, 0.2) is 5.58 Å². The summed E-state index contributed by atoms with van der Waals surface area (Å²) in [6.45, 7) is 3.88. The van der Waals surface area contributed by atoms with Crippen LogP contribution in [0.15, 0.2) is 40.8 Å². The average molecular weight is 438 g/mol. The second kappa shape index (κ2) is 7.80. The number of hydrogen-bond donors (Lipinski definition) is 1. The minimum absolute atomic E-state index is 0.0912. The Balaban J connectivity index is 1.59. The van der Waals surface area contributed by atoms with Crippen molar-refractivity contribution >= 4 is 28.6 Å². The summed E-state index contributed by atoms with van der Waals surface area (Å²) in [6, 6.07) is 9.55. The number of nitrogens with zero attached hydrogens (tertiary/aromatic N) is 2. The van der Waals surface area contributed by atoms with Gasteiger partial charge < -0.3 is 14.3 Å². The molecule has 168 valence electrons. The van der Waals surface area contributed by atoms with E-state index in [0.29, 0.717) is 17.0 Å².